The van der Waals surface area contributed by atoms with Crippen molar-refractivity contribution >= 4 is 6.08 Å². The first kappa shape index (κ1) is 19.4. The molecule has 0 N–H and O–H groups in total. The van der Waals surface area contributed by atoms with Crippen LogP contribution in [0.3, 0.4) is 0 Å². The van der Waals surface area contributed by atoms with Gasteiger partial charge in [-0.2, -0.15) is 0 Å². The highest BCUT2D eigenvalue weighted by atomic mass is 16.5. The van der Waals surface area contributed by atoms with E-state index in [0.29, 0.717) is 5.75 Å². The molecule has 29 heavy (non-hydrogen) atoms. The van der Waals surface area contributed by atoms with Gasteiger partial charge in [0, 0.05) is 11.5 Å². The van der Waals surface area contributed by atoms with E-state index < -0.39 is 0 Å². The van der Waals surface area contributed by atoms with E-state index in [1.54, 1.807) is 21.3 Å². The van der Waals surface area contributed by atoms with Crippen molar-refractivity contribution in [3.63, 3.8) is 0 Å². The monoisotopic (exact) mass is 392 g/mol. The maximum absolute atomic E-state index is 6.29. The largest absolute Gasteiger partial charge is 0.496 e. The molecular formula is C25H28O4. The molecule has 4 heteroatoms. The van der Waals surface area contributed by atoms with Gasteiger partial charge in [-0.1, -0.05) is 12.2 Å². The number of ether oxygens (including phenoxy) is 4. The Hall–Kier alpha value is -2.88. The van der Waals surface area contributed by atoms with Crippen molar-refractivity contribution in [1.82, 2.24) is 0 Å². The van der Waals surface area contributed by atoms with Crippen LogP contribution in [0.5, 0.6) is 23.0 Å². The van der Waals surface area contributed by atoms with Gasteiger partial charge in [-0.25, -0.2) is 0 Å². The van der Waals surface area contributed by atoms with Crippen LogP contribution in [0.4, 0.5) is 0 Å². The van der Waals surface area contributed by atoms with E-state index in [9.17, 15) is 0 Å². The summed E-state index contributed by atoms with van der Waals surface area (Å²) in [6, 6.07) is 6.26. The number of fused-ring (bicyclic) bond motifs is 4. The molecule has 0 bridgehead atoms. The Morgan fingerprint density at radius 3 is 2.34 bits per heavy atom. The third-order valence-electron chi connectivity index (χ3n) is 5.82. The fourth-order valence-corrected chi connectivity index (χ4v) is 4.38. The topological polar surface area (TPSA) is 36.9 Å². The molecule has 2 aliphatic rings. The van der Waals surface area contributed by atoms with Crippen LogP contribution in [0, 0.1) is 0 Å². The van der Waals surface area contributed by atoms with Crippen molar-refractivity contribution in [2.45, 2.75) is 38.7 Å². The molecule has 0 fully saturated rings. The number of methoxy groups -OCH3 is 3. The molecule has 0 amide bonds. The van der Waals surface area contributed by atoms with Crippen LogP contribution in [0.1, 0.15) is 43.4 Å². The minimum atomic E-state index is -0.366. The normalized spacial score (nSPS) is 18.1. The molecule has 2 aromatic rings. The standard InChI is InChI=1S/C25H28O4/c1-14(2)17-10-15-11-21(26-5)22(27-6)12-18(15)19-13-20-16(24(28-7)23(17)19)8-9-25(3,4)29-20/h8-9,11-13,17H,1,10H2,2-7H3/t17-/m1/s1. The fourth-order valence-electron chi connectivity index (χ4n) is 4.38. The van der Waals surface area contributed by atoms with Crippen LogP contribution < -0.4 is 18.9 Å². The van der Waals surface area contributed by atoms with E-state index in [1.807, 2.05) is 0 Å². The molecule has 0 saturated heterocycles. The highest BCUT2D eigenvalue weighted by molar-refractivity contribution is 5.85. The Bertz CT molecular complexity index is 1030. The summed E-state index contributed by atoms with van der Waals surface area (Å²) in [5.74, 6) is 3.29. The van der Waals surface area contributed by atoms with Crippen molar-refractivity contribution in [2.75, 3.05) is 21.3 Å². The lowest BCUT2D eigenvalue weighted by atomic mass is 9.74. The summed E-state index contributed by atoms with van der Waals surface area (Å²) in [5, 5.41) is 0. The summed E-state index contributed by atoms with van der Waals surface area (Å²) in [5.41, 5.74) is 6.30. The second-order valence-electron chi connectivity index (χ2n) is 8.29. The van der Waals surface area contributed by atoms with Crippen molar-refractivity contribution in [1.29, 1.82) is 0 Å². The molecule has 0 unspecified atom stereocenters. The minimum absolute atomic E-state index is 0.152. The second-order valence-corrected chi connectivity index (χ2v) is 8.29. The zero-order valence-electron chi connectivity index (χ0n) is 18.0. The van der Waals surface area contributed by atoms with Gasteiger partial charge in [0.15, 0.2) is 11.5 Å². The quantitative estimate of drug-likeness (QED) is 0.618. The van der Waals surface area contributed by atoms with Gasteiger partial charge in [0.2, 0.25) is 0 Å². The van der Waals surface area contributed by atoms with Crippen LogP contribution in [-0.2, 0) is 6.42 Å². The third kappa shape index (κ3) is 3.07. The number of rotatable bonds is 4. The summed E-state index contributed by atoms with van der Waals surface area (Å²) in [6.07, 6.45) is 5.02. The van der Waals surface area contributed by atoms with E-state index in [0.717, 1.165) is 51.5 Å². The average Bonchev–Trinajstić information content (AvgIpc) is 2.69. The molecule has 4 nitrogen and oxygen atoms in total. The van der Waals surface area contributed by atoms with E-state index >= 15 is 0 Å². The second kappa shape index (κ2) is 6.87. The van der Waals surface area contributed by atoms with Crippen LogP contribution in [0.2, 0.25) is 0 Å². The summed E-state index contributed by atoms with van der Waals surface area (Å²) in [4.78, 5) is 0. The number of hydrogen-bond donors (Lipinski definition) is 0. The van der Waals surface area contributed by atoms with Gasteiger partial charge in [-0.15, -0.1) is 0 Å². The summed E-state index contributed by atoms with van der Waals surface area (Å²) in [6.45, 7) is 10.5. The summed E-state index contributed by atoms with van der Waals surface area (Å²) in [7, 11) is 5.05. The zero-order chi connectivity index (χ0) is 20.9. The predicted molar refractivity (Wildman–Crippen MR) is 117 cm³/mol. The highest BCUT2D eigenvalue weighted by Gasteiger charge is 2.34. The average molecular weight is 392 g/mol. The van der Waals surface area contributed by atoms with Crippen LogP contribution in [-0.4, -0.2) is 26.9 Å². The number of allylic oxidation sites excluding steroid dienone is 1. The molecular weight excluding hydrogens is 364 g/mol. The highest BCUT2D eigenvalue weighted by Crippen LogP contribution is 2.53. The first-order chi connectivity index (χ1) is 13.8. The number of hydrogen-bond acceptors (Lipinski definition) is 4. The molecule has 0 aromatic heterocycles. The molecule has 1 aliphatic heterocycles. The van der Waals surface area contributed by atoms with Gasteiger partial charge < -0.3 is 18.9 Å². The Balaban J connectivity index is 2.05. The molecule has 1 atom stereocenters. The maximum Gasteiger partial charge on any atom is 0.161 e. The predicted octanol–water partition coefficient (Wildman–Crippen LogP) is 5.78. The van der Waals surface area contributed by atoms with Crippen molar-refractivity contribution < 1.29 is 18.9 Å². The van der Waals surface area contributed by atoms with E-state index in [4.69, 9.17) is 18.9 Å². The van der Waals surface area contributed by atoms with Gasteiger partial charge in [0.05, 0.1) is 26.9 Å². The van der Waals surface area contributed by atoms with Crippen LogP contribution in [0.15, 0.2) is 36.4 Å². The lowest BCUT2D eigenvalue weighted by molar-refractivity contribution is 0.158. The molecule has 0 spiro atoms. The van der Waals surface area contributed by atoms with Crippen molar-refractivity contribution in [2.24, 2.45) is 0 Å². The summed E-state index contributed by atoms with van der Waals surface area (Å²) < 4.78 is 23.4. The molecule has 0 saturated carbocycles. The van der Waals surface area contributed by atoms with Gasteiger partial charge in [0.1, 0.15) is 17.1 Å². The Morgan fingerprint density at radius 1 is 1.03 bits per heavy atom. The number of benzene rings is 2. The molecule has 4 rings (SSSR count). The molecule has 152 valence electrons. The summed E-state index contributed by atoms with van der Waals surface area (Å²) >= 11 is 0. The first-order valence-corrected chi connectivity index (χ1v) is 9.83. The third-order valence-corrected chi connectivity index (χ3v) is 5.82. The van der Waals surface area contributed by atoms with Gasteiger partial charge in [-0.05, 0) is 74.2 Å². The molecule has 0 radical (unpaired) electrons. The first-order valence-electron chi connectivity index (χ1n) is 9.83. The van der Waals surface area contributed by atoms with Gasteiger partial charge >= 0.3 is 0 Å². The van der Waals surface area contributed by atoms with E-state index in [2.05, 4.69) is 57.7 Å². The lowest BCUT2D eigenvalue weighted by Crippen LogP contribution is -2.28. The fraction of sp³-hybridized carbons (Fsp3) is 0.360. The molecule has 2 aromatic carbocycles. The van der Waals surface area contributed by atoms with Crippen LogP contribution in [0.25, 0.3) is 17.2 Å². The molecule has 1 aliphatic carbocycles. The minimum Gasteiger partial charge on any atom is -0.496 e. The smallest absolute Gasteiger partial charge is 0.161 e. The maximum atomic E-state index is 6.29. The van der Waals surface area contributed by atoms with Crippen molar-refractivity contribution in [3.05, 3.63) is 53.1 Å². The van der Waals surface area contributed by atoms with Gasteiger partial charge in [0.25, 0.3) is 0 Å². The lowest BCUT2D eigenvalue weighted by Gasteiger charge is -2.35. The zero-order valence-corrected chi connectivity index (χ0v) is 18.0. The molecule has 1 heterocycles. The Morgan fingerprint density at radius 2 is 1.72 bits per heavy atom. The van der Waals surface area contributed by atoms with E-state index in [-0.39, 0.29) is 11.5 Å². The van der Waals surface area contributed by atoms with Crippen molar-refractivity contribution in [3.8, 4) is 34.1 Å². The van der Waals surface area contributed by atoms with Gasteiger partial charge in [-0.3, -0.25) is 0 Å². The van der Waals surface area contributed by atoms with E-state index in [1.165, 1.54) is 5.56 Å². The Labute approximate surface area is 172 Å². The van der Waals surface area contributed by atoms with Crippen LogP contribution >= 0.6 is 0 Å². The SMILES string of the molecule is C=C(C)[C@H]1Cc2cc(OC)c(OC)cc2-c2cc3c(c(OC)c21)C=CC(C)(C)O3. The Kier molecular flexibility index (Phi) is 4.60.